The topological polar surface area (TPSA) is 219 Å². The van der Waals surface area contributed by atoms with Gasteiger partial charge >= 0.3 is 0 Å². The van der Waals surface area contributed by atoms with Crippen molar-refractivity contribution in [2.45, 2.75) is 192 Å². The molecule has 6 fully saturated rings. The molecule has 4 saturated carbocycles. The van der Waals surface area contributed by atoms with Gasteiger partial charge in [-0.15, -0.1) is 0 Å². The third-order valence-electron chi connectivity index (χ3n) is 16.7. The van der Waals surface area contributed by atoms with Gasteiger partial charge in [-0.25, -0.2) is 0 Å². The lowest BCUT2D eigenvalue weighted by atomic mass is 9.37. The largest absolute Gasteiger partial charge is 0.394 e. The highest BCUT2D eigenvalue weighted by Gasteiger charge is 2.72. The molecule has 13 heteroatoms. The number of aliphatic hydroxyl groups excluding tert-OH is 8. The molecule has 0 aromatic heterocycles. The van der Waals surface area contributed by atoms with Crippen LogP contribution >= 0.6 is 0 Å². The van der Waals surface area contributed by atoms with Crippen LogP contribution in [0.1, 0.15) is 113 Å². The standard InChI is InChI=1S/C42H72O13/c1-21(2)10-9-15-41(7,51)27-13-17-40(6)22-11-12-26-38(3,4)29(14-16-39(26,5)23(22)18-28(45)42(27,40)8)54-37-35(33(49)31(47)25(20-44)53-37)55-36-34(50)32(48)30(46)24(19-43)52-36/h10,22-37,43-51H,9,11-20H2,1-8H3/t22-,23+,24-,25-,26-,27-,28+,29+,30-,31-,32+,33+,34-,35-,36+,37+,39-,40-,41-,42+/m1/s1. The van der Waals surface area contributed by atoms with Crippen LogP contribution in [0.5, 0.6) is 0 Å². The molecule has 0 radical (unpaired) electrons. The lowest BCUT2D eigenvalue weighted by molar-refractivity contribution is -0.378. The van der Waals surface area contributed by atoms with Crippen molar-refractivity contribution in [1.29, 1.82) is 0 Å². The van der Waals surface area contributed by atoms with Crippen LogP contribution in [0.2, 0.25) is 0 Å². The first-order valence-corrected chi connectivity index (χ1v) is 20.9. The SMILES string of the molecule is CC(C)=CCC[C@@](C)(O)[C@H]1CC[C@]2(C)[C@@H]3CC[C@@H]4C(C)(C)[C@@H](O[C@@H]5O[C@H](CO)[C@@H](O)[C@H](O)[C@H]5O[C@@H]5O[C@H](CO)[C@@H](O)[C@H](O)[C@H]5O)CC[C@]4(C)[C@H]3C[C@H](O)[C@]12C. The van der Waals surface area contributed by atoms with Crippen LogP contribution in [0.25, 0.3) is 0 Å². The maximum Gasteiger partial charge on any atom is 0.187 e. The van der Waals surface area contributed by atoms with Gasteiger partial charge in [0.1, 0.15) is 48.8 Å². The first-order chi connectivity index (χ1) is 25.6. The molecule has 2 saturated heterocycles. The summed E-state index contributed by atoms with van der Waals surface area (Å²) in [5.41, 5.74) is -0.772. The molecule has 0 aromatic rings. The van der Waals surface area contributed by atoms with Crippen molar-refractivity contribution in [3.8, 4) is 0 Å². The minimum absolute atomic E-state index is 0.0112. The molecule has 0 aromatic carbocycles. The van der Waals surface area contributed by atoms with Crippen LogP contribution in [0.4, 0.5) is 0 Å². The van der Waals surface area contributed by atoms with E-state index >= 15 is 0 Å². The van der Waals surface area contributed by atoms with Crippen LogP contribution in [-0.2, 0) is 18.9 Å². The van der Waals surface area contributed by atoms with Crippen molar-refractivity contribution in [3.05, 3.63) is 11.6 Å². The monoisotopic (exact) mass is 784 g/mol. The predicted molar refractivity (Wildman–Crippen MR) is 201 cm³/mol. The zero-order chi connectivity index (χ0) is 40.6. The van der Waals surface area contributed by atoms with E-state index in [4.69, 9.17) is 18.9 Å². The van der Waals surface area contributed by atoms with Crippen molar-refractivity contribution in [3.63, 3.8) is 0 Å². The highest BCUT2D eigenvalue weighted by molar-refractivity contribution is 5.20. The molecule has 20 atom stereocenters. The van der Waals surface area contributed by atoms with Crippen molar-refractivity contribution in [1.82, 2.24) is 0 Å². The smallest absolute Gasteiger partial charge is 0.187 e. The molecule has 9 N–H and O–H groups in total. The predicted octanol–water partition coefficient (Wildman–Crippen LogP) is 2.15. The molecular weight excluding hydrogens is 712 g/mol. The van der Waals surface area contributed by atoms with Crippen molar-refractivity contribution in [2.24, 2.45) is 45.3 Å². The molecule has 4 aliphatic carbocycles. The van der Waals surface area contributed by atoms with E-state index in [1.165, 1.54) is 5.57 Å². The van der Waals surface area contributed by atoms with Crippen LogP contribution in [-0.4, -0.2) is 138 Å². The normalized spacial score (nSPS) is 52.0. The van der Waals surface area contributed by atoms with Gasteiger partial charge in [0.15, 0.2) is 12.6 Å². The summed E-state index contributed by atoms with van der Waals surface area (Å²) in [6.07, 6.45) is -6.47. The summed E-state index contributed by atoms with van der Waals surface area (Å²) in [5, 5.41) is 97.6. The van der Waals surface area contributed by atoms with Crippen LogP contribution < -0.4 is 0 Å². The summed E-state index contributed by atoms with van der Waals surface area (Å²) in [5.74, 6) is 0.830. The summed E-state index contributed by atoms with van der Waals surface area (Å²) in [6.45, 7) is 16.3. The Morgan fingerprint density at radius 1 is 0.745 bits per heavy atom. The van der Waals surface area contributed by atoms with E-state index in [0.717, 1.165) is 38.5 Å². The summed E-state index contributed by atoms with van der Waals surface area (Å²) < 4.78 is 24.3. The summed E-state index contributed by atoms with van der Waals surface area (Å²) in [6, 6.07) is 0. The van der Waals surface area contributed by atoms with Gasteiger partial charge in [-0.2, -0.15) is 0 Å². The number of rotatable bonds is 10. The minimum Gasteiger partial charge on any atom is -0.394 e. The fraction of sp³-hybridized carbons (Fsp3) is 0.952. The number of allylic oxidation sites excluding steroid dienone is 2. The molecule has 2 aliphatic heterocycles. The number of fused-ring (bicyclic) bond motifs is 5. The van der Waals surface area contributed by atoms with Crippen LogP contribution in [0, 0.1) is 45.3 Å². The zero-order valence-corrected chi connectivity index (χ0v) is 34.3. The Hall–Kier alpha value is -0.780. The third-order valence-corrected chi connectivity index (χ3v) is 16.7. The Balaban J connectivity index is 1.22. The zero-order valence-electron chi connectivity index (χ0n) is 34.3. The highest BCUT2D eigenvalue weighted by atomic mass is 16.8. The molecular formula is C42H72O13. The van der Waals surface area contributed by atoms with Crippen molar-refractivity contribution in [2.75, 3.05) is 13.2 Å². The first kappa shape index (κ1) is 43.8. The Bertz CT molecular complexity index is 1370. The molecule has 6 aliphatic rings. The molecule has 0 spiro atoms. The van der Waals surface area contributed by atoms with Gasteiger partial charge < -0.3 is 64.9 Å². The van der Waals surface area contributed by atoms with E-state index in [-0.39, 0.29) is 28.6 Å². The molecule has 2 heterocycles. The van der Waals surface area contributed by atoms with Gasteiger partial charge in [-0.05, 0) is 118 Å². The Kier molecular flexibility index (Phi) is 12.5. The number of hydrogen-bond donors (Lipinski definition) is 9. The summed E-state index contributed by atoms with van der Waals surface area (Å²) >= 11 is 0. The van der Waals surface area contributed by atoms with Crippen LogP contribution in [0.15, 0.2) is 11.6 Å². The number of ether oxygens (including phenoxy) is 4. The second-order valence-corrected chi connectivity index (χ2v) is 20.1. The average Bonchev–Trinajstić information content (AvgIpc) is 3.42. The molecule has 55 heavy (non-hydrogen) atoms. The molecule has 13 nitrogen and oxygen atoms in total. The van der Waals surface area contributed by atoms with Gasteiger partial charge in [0.25, 0.3) is 0 Å². The lowest BCUT2D eigenvalue weighted by Crippen LogP contribution is -2.67. The molecule has 6 rings (SSSR count). The fourth-order valence-corrected chi connectivity index (χ4v) is 13.3. The summed E-state index contributed by atoms with van der Waals surface area (Å²) in [7, 11) is 0. The maximum atomic E-state index is 12.3. The number of hydrogen-bond acceptors (Lipinski definition) is 13. The third kappa shape index (κ3) is 7.10. The van der Waals surface area contributed by atoms with Gasteiger partial charge in [-0.3, -0.25) is 0 Å². The van der Waals surface area contributed by atoms with Gasteiger partial charge in [0.2, 0.25) is 0 Å². The van der Waals surface area contributed by atoms with E-state index in [1.807, 2.05) is 6.92 Å². The summed E-state index contributed by atoms with van der Waals surface area (Å²) in [4.78, 5) is 0. The second kappa shape index (κ2) is 15.7. The molecule has 0 unspecified atom stereocenters. The van der Waals surface area contributed by atoms with E-state index in [0.29, 0.717) is 25.2 Å². The van der Waals surface area contributed by atoms with Gasteiger partial charge in [0.05, 0.1) is 31.0 Å². The van der Waals surface area contributed by atoms with Crippen LogP contribution in [0.3, 0.4) is 0 Å². The quantitative estimate of drug-likeness (QED) is 0.115. The maximum absolute atomic E-state index is 12.3. The van der Waals surface area contributed by atoms with Gasteiger partial charge in [0, 0.05) is 5.41 Å². The minimum atomic E-state index is -1.75. The van der Waals surface area contributed by atoms with E-state index in [2.05, 4.69) is 54.5 Å². The van der Waals surface area contributed by atoms with E-state index in [9.17, 15) is 46.0 Å². The van der Waals surface area contributed by atoms with Crippen molar-refractivity contribution >= 4 is 0 Å². The molecule has 0 amide bonds. The Morgan fingerprint density at radius 3 is 1.98 bits per heavy atom. The molecule has 318 valence electrons. The lowest BCUT2D eigenvalue weighted by Gasteiger charge is -2.69. The second-order valence-electron chi connectivity index (χ2n) is 20.1. The molecule has 0 bridgehead atoms. The fourth-order valence-electron chi connectivity index (χ4n) is 13.3. The Morgan fingerprint density at radius 2 is 1.36 bits per heavy atom. The van der Waals surface area contributed by atoms with E-state index < -0.39 is 103 Å². The van der Waals surface area contributed by atoms with E-state index in [1.54, 1.807) is 0 Å². The highest BCUT2D eigenvalue weighted by Crippen LogP contribution is 2.75. The first-order valence-electron chi connectivity index (χ1n) is 20.9. The average molecular weight is 785 g/mol. The number of aliphatic hydroxyl groups is 9. The Labute approximate surface area is 327 Å². The van der Waals surface area contributed by atoms with Gasteiger partial charge in [-0.1, -0.05) is 46.3 Å². The van der Waals surface area contributed by atoms with Crippen molar-refractivity contribution < 1.29 is 64.9 Å².